The van der Waals surface area contributed by atoms with Gasteiger partial charge >= 0.3 is 0 Å². The van der Waals surface area contributed by atoms with Crippen LogP contribution in [0.3, 0.4) is 0 Å². The molecule has 1 aliphatic rings. The zero-order valence-corrected chi connectivity index (χ0v) is 16.8. The van der Waals surface area contributed by atoms with E-state index in [2.05, 4.69) is 5.32 Å². The third kappa shape index (κ3) is 2.91. The van der Waals surface area contributed by atoms with Gasteiger partial charge in [-0.05, 0) is 49.5 Å². The van der Waals surface area contributed by atoms with E-state index < -0.39 is 11.8 Å². The first-order valence-electron chi connectivity index (χ1n) is 8.59. The molecular formula is C21H16ClN3O2S. The van der Waals surface area contributed by atoms with E-state index in [0.717, 1.165) is 22.2 Å². The summed E-state index contributed by atoms with van der Waals surface area (Å²) in [5, 5.41) is 4.08. The molecule has 0 unspecified atom stereocenters. The number of rotatable bonds is 2. The van der Waals surface area contributed by atoms with Crippen LogP contribution in [-0.2, 0) is 16.6 Å². The quantitative estimate of drug-likeness (QED) is 0.396. The van der Waals surface area contributed by atoms with Gasteiger partial charge in [0.25, 0.3) is 11.8 Å². The number of carbonyl (C=O) groups excluding carboxylic acids is 2. The fourth-order valence-corrected chi connectivity index (χ4v) is 3.85. The molecule has 3 aromatic rings. The second-order valence-corrected chi connectivity index (χ2v) is 7.34. The minimum atomic E-state index is -0.513. The summed E-state index contributed by atoms with van der Waals surface area (Å²) >= 11 is 11.3. The van der Waals surface area contributed by atoms with Crippen molar-refractivity contribution >= 4 is 63.4 Å². The number of nitrogens with one attached hydrogen (secondary N) is 1. The number of halogens is 1. The molecule has 0 saturated carbocycles. The average Bonchev–Trinajstić information content (AvgIpc) is 2.90. The largest absolute Gasteiger partial charge is 0.347 e. The van der Waals surface area contributed by atoms with Crippen LogP contribution in [-0.4, -0.2) is 21.5 Å². The highest BCUT2D eigenvalue weighted by Crippen LogP contribution is 2.29. The van der Waals surface area contributed by atoms with Gasteiger partial charge in [0.2, 0.25) is 0 Å². The molecule has 2 amide bonds. The monoisotopic (exact) mass is 409 g/mol. The molecule has 1 aliphatic heterocycles. The van der Waals surface area contributed by atoms with E-state index in [1.165, 1.54) is 4.90 Å². The molecule has 140 valence electrons. The van der Waals surface area contributed by atoms with Gasteiger partial charge in [0.1, 0.15) is 5.57 Å². The molecule has 4 rings (SSSR count). The van der Waals surface area contributed by atoms with E-state index in [4.69, 9.17) is 23.8 Å². The Morgan fingerprint density at radius 1 is 1.11 bits per heavy atom. The Morgan fingerprint density at radius 2 is 1.86 bits per heavy atom. The van der Waals surface area contributed by atoms with Crippen LogP contribution < -0.4 is 10.2 Å². The molecule has 1 N–H and O–H groups in total. The van der Waals surface area contributed by atoms with Crippen molar-refractivity contribution in [2.45, 2.75) is 6.92 Å². The van der Waals surface area contributed by atoms with Crippen LogP contribution in [0.1, 0.15) is 11.3 Å². The van der Waals surface area contributed by atoms with E-state index in [0.29, 0.717) is 10.7 Å². The number of hydrogen-bond donors (Lipinski definition) is 1. The maximum atomic E-state index is 13.2. The molecule has 1 aromatic heterocycles. The number of benzene rings is 2. The zero-order chi connectivity index (χ0) is 20.0. The van der Waals surface area contributed by atoms with Crippen molar-refractivity contribution in [3.05, 3.63) is 70.4 Å². The lowest BCUT2D eigenvalue weighted by atomic mass is 10.0. The fourth-order valence-electron chi connectivity index (χ4n) is 3.38. The SMILES string of the molecule is Cc1c(C=C2C(=O)NC(=S)N(c3cccc(Cl)c3)C2=O)c2ccccc2n1C. The van der Waals surface area contributed by atoms with Crippen molar-refractivity contribution in [1.29, 1.82) is 0 Å². The number of carbonyl (C=O) groups is 2. The smallest absolute Gasteiger partial charge is 0.270 e. The Balaban J connectivity index is 1.86. The van der Waals surface area contributed by atoms with Gasteiger partial charge in [-0.25, -0.2) is 0 Å². The summed E-state index contributed by atoms with van der Waals surface area (Å²) in [6.07, 6.45) is 1.63. The molecule has 0 bridgehead atoms. The third-order valence-electron chi connectivity index (χ3n) is 4.91. The summed E-state index contributed by atoms with van der Waals surface area (Å²) in [5.74, 6) is -0.996. The molecule has 0 spiro atoms. The maximum Gasteiger partial charge on any atom is 0.270 e. The summed E-state index contributed by atoms with van der Waals surface area (Å²) in [4.78, 5) is 27.0. The van der Waals surface area contributed by atoms with Gasteiger partial charge in [-0.2, -0.15) is 0 Å². The Kier molecular flexibility index (Phi) is 4.53. The summed E-state index contributed by atoms with van der Waals surface area (Å²) in [6.45, 7) is 1.96. The number of para-hydroxylation sites is 1. The van der Waals surface area contributed by atoms with Gasteiger partial charge in [0, 0.05) is 34.2 Å². The third-order valence-corrected chi connectivity index (χ3v) is 5.42. The molecule has 0 aliphatic carbocycles. The van der Waals surface area contributed by atoms with Crippen molar-refractivity contribution < 1.29 is 9.59 Å². The number of nitrogens with zero attached hydrogens (tertiary/aromatic N) is 2. The van der Waals surface area contributed by atoms with Crippen molar-refractivity contribution in [3.63, 3.8) is 0 Å². The molecule has 5 nitrogen and oxygen atoms in total. The summed E-state index contributed by atoms with van der Waals surface area (Å²) in [6, 6.07) is 14.6. The zero-order valence-electron chi connectivity index (χ0n) is 15.2. The number of aryl methyl sites for hydroxylation is 1. The normalized spacial score (nSPS) is 16.2. The summed E-state index contributed by atoms with van der Waals surface area (Å²) < 4.78 is 2.03. The molecule has 2 heterocycles. The Morgan fingerprint density at radius 3 is 2.61 bits per heavy atom. The predicted octanol–water partition coefficient (Wildman–Crippen LogP) is 3.97. The minimum Gasteiger partial charge on any atom is -0.347 e. The Bertz CT molecular complexity index is 1200. The van der Waals surface area contributed by atoms with Crippen LogP contribution >= 0.6 is 23.8 Å². The van der Waals surface area contributed by atoms with E-state index in [9.17, 15) is 9.59 Å². The van der Waals surface area contributed by atoms with E-state index in [-0.39, 0.29) is 10.7 Å². The van der Waals surface area contributed by atoms with Crippen molar-refractivity contribution in [2.24, 2.45) is 7.05 Å². The number of anilines is 1. The van der Waals surface area contributed by atoms with Crippen LogP contribution in [0.4, 0.5) is 5.69 Å². The van der Waals surface area contributed by atoms with Gasteiger partial charge in [-0.15, -0.1) is 0 Å². The van der Waals surface area contributed by atoms with Crippen LogP contribution in [0.5, 0.6) is 0 Å². The van der Waals surface area contributed by atoms with Crippen LogP contribution in [0, 0.1) is 6.92 Å². The molecule has 7 heteroatoms. The highest BCUT2D eigenvalue weighted by atomic mass is 35.5. The van der Waals surface area contributed by atoms with Crippen LogP contribution in [0.25, 0.3) is 17.0 Å². The van der Waals surface area contributed by atoms with E-state index in [1.807, 2.05) is 42.8 Å². The first-order chi connectivity index (χ1) is 13.4. The number of fused-ring (bicyclic) bond motifs is 1. The van der Waals surface area contributed by atoms with Crippen molar-refractivity contribution in [1.82, 2.24) is 9.88 Å². The second kappa shape index (κ2) is 6.89. The van der Waals surface area contributed by atoms with Gasteiger partial charge in [-0.3, -0.25) is 19.8 Å². The number of amides is 2. The van der Waals surface area contributed by atoms with Crippen molar-refractivity contribution in [2.75, 3.05) is 4.90 Å². The molecule has 1 fully saturated rings. The van der Waals surface area contributed by atoms with Gasteiger partial charge in [-0.1, -0.05) is 35.9 Å². The van der Waals surface area contributed by atoms with E-state index >= 15 is 0 Å². The standard InChI is InChI=1S/C21H16ClN3O2S/c1-12-16(15-8-3-4-9-18(15)24(12)2)11-17-19(26)23-21(28)25(20(17)27)14-7-5-6-13(22)10-14/h3-11H,1-2H3,(H,23,26,28). The lowest BCUT2D eigenvalue weighted by Crippen LogP contribution is -2.54. The highest BCUT2D eigenvalue weighted by molar-refractivity contribution is 7.80. The first-order valence-corrected chi connectivity index (χ1v) is 9.38. The molecule has 2 aromatic carbocycles. The maximum absolute atomic E-state index is 13.2. The Hall–Kier alpha value is -2.96. The fraction of sp³-hybridized carbons (Fsp3) is 0.0952. The van der Waals surface area contributed by atoms with Crippen molar-refractivity contribution in [3.8, 4) is 0 Å². The predicted molar refractivity (Wildman–Crippen MR) is 115 cm³/mol. The van der Waals surface area contributed by atoms with Crippen LogP contribution in [0.15, 0.2) is 54.1 Å². The summed E-state index contributed by atoms with van der Waals surface area (Å²) in [5.41, 5.74) is 3.33. The molecular weight excluding hydrogens is 394 g/mol. The number of hydrogen-bond acceptors (Lipinski definition) is 3. The lowest BCUT2D eigenvalue weighted by molar-refractivity contribution is -0.122. The van der Waals surface area contributed by atoms with Crippen LogP contribution in [0.2, 0.25) is 5.02 Å². The number of thiocarbonyl (C=S) groups is 1. The van der Waals surface area contributed by atoms with E-state index in [1.54, 1.807) is 30.3 Å². The second-order valence-electron chi connectivity index (χ2n) is 6.51. The molecule has 1 saturated heterocycles. The Labute approximate surface area is 172 Å². The molecule has 28 heavy (non-hydrogen) atoms. The summed E-state index contributed by atoms with van der Waals surface area (Å²) in [7, 11) is 1.95. The van der Waals surface area contributed by atoms with Gasteiger partial charge in [0.05, 0.1) is 5.69 Å². The minimum absolute atomic E-state index is 0.0213. The topological polar surface area (TPSA) is 54.3 Å². The lowest BCUT2D eigenvalue weighted by Gasteiger charge is -2.29. The van der Waals surface area contributed by atoms with Gasteiger partial charge in [0.15, 0.2) is 5.11 Å². The molecule has 0 radical (unpaired) electrons. The first kappa shape index (κ1) is 18.4. The highest BCUT2D eigenvalue weighted by Gasteiger charge is 2.35. The van der Waals surface area contributed by atoms with Gasteiger partial charge < -0.3 is 4.57 Å². The number of aromatic nitrogens is 1. The average molecular weight is 410 g/mol. The molecule has 0 atom stereocenters.